The second-order valence-electron chi connectivity index (χ2n) is 6.58. The molecule has 2 rings (SSSR count). The van der Waals surface area contributed by atoms with Crippen LogP contribution in [0.15, 0.2) is 22.7 Å². The zero-order valence-electron chi connectivity index (χ0n) is 15.8. The lowest BCUT2D eigenvalue weighted by Crippen LogP contribution is -2.47. The molecule has 0 aliphatic carbocycles. The van der Waals surface area contributed by atoms with Crippen molar-refractivity contribution in [2.75, 3.05) is 19.7 Å². The Labute approximate surface area is 173 Å². The summed E-state index contributed by atoms with van der Waals surface area (Å²) in [6, 6.07) is 5.29. The van der Waals surface area contributed by atoms with Crippen LogP contribution in [0.5, 0.6) is 5.75 Å². The zero-order valence-corrected chi connectivity index (χ0v) is 18.2. The van der Waals surface area contributed by atoms with Crippen LogP contribution in [-0.4, -0.2) is 47.7 Å². The van der Waals surface area contributed by atoms with E-state index in [0.717, 1.165) is 4.47 Å². The van der Waals surface area contributed by atoms with Gasteiger partial charge in [0.1, 0.15) is 5.75 Å². The molecule has 1 aliphatic heterocycles. The van der Waals surface area contributed by atoms with Crippen LogP contribution in [-0.2, 0) is 9.53 Å². The van der Waals surface area contributed by atoms with Gasteiger partial charge in [0.05, 0.1) is 24.2 Å². The summed E-state index contributed by atoms with van der Waals surface area (Å²) in [6.07, 6.45) is 1.27. The molecule has 148 valence electrons. The first kappa shape index (κ1) is 21.6. The maximum absolute atomic E-state index is 12.7. The van der Waals surface area contributed by atoms with Crippen molar-refractivity contribution in [1.29, 1.82) is 0 Å². The van der Waals surface area contributed by atoms with E-state index in [1.807, 2.05) is 24.8 Å². The predicted molar refractivity (Wildman–Crippen MR) is 111 cm³/mol. The molecule has 1 amide bonds. The third-order valence-electron chi connectivity index (χ3n) is 4.17. The van der Waals surface area contributed by atoms with Gasteiger partial charge in [-0.05, 0) is 64.0 Å². The van der Waals surface area contributed by atoms with E-state index in [2.05, 4.69) is 21.2 Å². The fraction of sp³-hybridized carbons (Fsp3) is 0.526. The van der Waals surface area contributed by atoms with Gasteiger partial charge >= 0.3 is 5.97 Å². The van der Waals surface area contributed by atoms with E-state index >= 15 is 0 Å². The first-order chi connectivity index (χ1) is 12.8. The van der Waals surface area contributed by atoms with Crippen LogP contribution in [0.3, 0.4) is 0 Å². The molecule has 0 atom stereocenters. The quantitative estimate of drug-likeness (QED) is 0.539. The minimum absolute atomic E-state index is 0.0495. The highest BCUT2D eigenvalue weighted by Gasteiger charge is 2.28. The molecule has 1 fully saturated rings. The first-order valence-corrected chi connectivity index (χ1v) is 10.2. The molecule has 0 unspecified atom stereocenters. The van der Waals surface area contributed by atoms with Gasteiger partial charge in [-0.15, -0.1) is 0 Å². The van der Waals surface area contributed by atoms with E-state index in [4.69, 9.17) is 21.7 Å². The molecule has 8 heteroatoms. The average Bonchev–Trinajstić information content (AvgIpc) is 2.63. The van der Waals surface area contributed by atoms with Gasteiger partial charge in [-0.1, -0.05) is 15.9 Å². The van der Waals surface area contributed by atoms with Gasteiger partial charge in [-0.3, -0.25) is 14.9 Å². The van der Waals surface area contributed by atoms with Gasteiger partial charge < -0.3 is 14.4 Å². The van der Waals surface area contributed by atoms with Crippen molar-refractivity contribution in [2.24, 2.45) is 5.92 Å². The maximum atomic E-state index is 12.7. The third kappa shape index (κ3) is 6.17. The van der Waals surface area contributed by atoms with Gasteiger partial charge in [0.2, 0.25) is 0 Å². The highest BCUT2D eigenvalue weighted by Crippen LogP contribution is 2.25. The second-order valence-corrected chi connectivity index (χ2v) is 7.88. The molecule has 27 heavy (non-hydrogen) atoms. The summed E-state index contributed by atoms with van der Waals surface area (Å²) in [5.74, 6) is -0.0634. The van der Waals surface area contributed by atoms with Crippen molar-refractivity contribution in [1.82, 2.24) is 10.2 Å². The van der Waals surface area contributed by atoms with E-state index in [0.29, 0.717) is 49.0 Å². The van der Waals surface area contributed by atoms with E-state index < -0.39 is 0 Å². The van der Waals surface area contributed by atoms with Crippen LogP contribution in [0, 0.1) is 5.92 Å². The number of thiocarbonyl (C=S) groups is 1. The van der Waals surface area contributed by atoms with Crippen molar-refractivity contribution >= 4 is 45.1 Å². The Kier molecular flexibility index (Phi) is 8.04. The predicted octanol–water partition coefficient (Wildman–Crippen LogP) is 3.53. The Balaban J connectivity index is 1.98. The molecule has 0 bridgehead atoms. The molecule has 6 nitrogen and oxygen atoms in total. The van der Waals surface area contributed by atoms with E-state index in [1.54, 1.807) is 19.1 Å². The highest BCUT2D eigenvalue weighted by molar-refractivity contribution is 9.10. The number of likely N-dealkylation sites (tertiary alicyclic amines) is 1. The van der Waals surface area contributed by atoms with E-state index in [9.17, 15) is 9.59 Å². The lowest BCUT2D eigenvalue weighted by atomic mass is 9.97. The third-order valence-corrected chi connectivity index (χ3v) is 5.02. The molecular formula is C19H25BrN2O4S. The maximum Gasteiger partial charge on any atom is 0.309 e. The van der Waals surface area contributed by atoms with Crippen molar-refractivity contribution in [3.05, 3.63) is 28.2 Å². The van der Waals surface area contributed by atoms with Gasteiger partial charge in [0.15, 0.2) is 5.11 Å². The topological polar surface area (TPSA) is 67.9 Å². The SMILES string of the molecule is CCOC(=O)C1CCN(C(=S)NC(=O)c2cc(Br)ccc2OC(C)C)CC1. The number of benzene rings is 1. The number of halogens is 1. The van der Waals surface area contributed by atoms with Gasteiger partial charge in [0, 0.05) is 17.6 Å². The number of carbonyl (C=O) groups is 2. The average molecular weight is 457 g/mol. The normalized spacial score (nSPS) is 14.8. The molecule has 1 heterocycles. The summed E-state index contributed by atoms with van der Waals surface area (Å²) >= 11 is 8.78. The monoisotopic (exact) mass is 456 g/mol. The smallest absolute Gasteiger partial charge is 0.309 e. The number of ether oxygens (including phenoxy) is 2. The Hall–Kier alpha value is -1.67. The van der Waals surface area contributed by atoms with E-state index in [1.165, 1.54) is 0 Å². The van der Waals surface area contributed by atoms with Gasteiger partial charge in [-0.2, -0.15) is 0 Å². The molecule has 0 aromatic heterocycles. The summed E-state index contributed by atoms with van der Waals surface area (Å²) in [6.45, 7) is 7.22. The molecule has 0 radical (unpaired) electrons. The fourth-order valence-corrected chi connectivity index (χ4v) is 3.49. The van der Waals surface area contributed by atoms with Crippen LogP contribution >= 0.6 is 28.1 Å². The Morgan fingerprint density at radius 1 is 1.33 bits per heavy atom. The molecule has 1 N–H and O–H groups in total. The van der Waals surface area contributed by atoms with Crippen molar-refractivity contribution in [3.63, 3.8) is 0 Å². The van der Waals surface area contributed by atoms with Crippen molar-refractivity contribution < 1.29 is 19.1 Å². The largest absolute Gasteiger partial charge is 0.490 e. The summed E-state index contributed by atoms with van der Waals surface area (Å²) < 4.78 is 11.6. The number of amides is 1. The number of piperidine rings is 1. The number of nitrogens with one attached hydrogen (secondary N) is 1. The van der Waals surface area contributed by atoms with E-state index in [-0.39, 0.29) is 23.9 Å². The minimum Gasteiger partial charge on any atom is -0.490 e. The number of hydrogen-bond acceptors (Lipinski definition) is 5. The van der Waals surface area contributed by atoms with Crippen LogP contribution in [0.2, 0.25) is 0 Å². The zero-order chi connectivity index (χ0) is 20.0. The number of rotatable bonds is 5. The molecule has 0 spiro atoms. The van der Waals surface area contributed by atoms with Gasteiger partial charge in [0.25, 0.3) is 5.91 Å². The van der Waals surface area contributed by atoms with Crippen LogP contribution in [0.25, 0.3) is 0 Å². The molecule has 1 aliphatic rings. The molecular weight excluding hydrogens is 432 g/mol. The van der Waals surface area contributed by atoms with Crippen LogP contribution < -0.4 is 10.1 Å². The van der Waals surface area contributed by atoms with Crippen LogP contribution in [0.1, 0.15) is 44.0 Å². The molecule has 1 saturated heterocycles. The lowest BCUT2D eigenvalue weighted by Gasteiger charge is -2.32. The van der Waals surface area contributed by atoms with Crippen molar-refractivity contribution in [2.45, 2.75) is 39.7 Å². The summed E-state index contributed by atoms with van der Waals surface area (Å²) in [5, 5.41) is 3.14. The Morgan fingerprint density at radius 2 is 2.00 bits per heavy atom. The lowest BCUT2D eigenvalue weighted by molar-refractivity contribution is -0.149. The fourth-order valence-electron chi connectivity index (χ4n) is 2.86. The number of esters is 1. The first-order valence-electron chi connectivity index (χ1n) is 9.05. The molecule has 1 aromatic rings. The standard InChI is InChI=1S/C19H25BrN2O4S/c1-4-25-18(24)13-7-9-22(10-8-13)19(27)21-17(23)15-11-14(20)5-6-16(15)26-12(2)3/h5-6,11-13H,4,7-10H2,1-3H3,(H,21,23,27). The summed E-state index contributed by atoms with van der Waals surface area (Å²) in [7, 11) is 0. The molecule has 0 saturated carbocycles. The Bertz CT molecular complexity index is 703. The highest BCUT2D eigenvalue weighted by atomic mass is 79.9. The Morgan fingerprint density at radius 3 is 2.59 bits per heavy atom. The van der Waals surface area contributed by atoms with Crippen molar-refractivity contribution in [3.8, 4) is 5.75 Å². The molecule has 1 aromatic carbocycles. The second kappa shape index (κ2) is 10.0. The van der Waals surface area contributed by atoms with Gasteiger partial charge in [-0.25, -0.2) is 0 Å². The summed E-state index contributed by atoms with van der Waals surface area (Å²) in [5.41, 5.74) is 0.418. The summed E-state index contributed by atoms with van der Waals surface area (Å²) in [4.78, 5) is 26.4. The number of nitrogens with zero attached hydrogens (tertiary/aromatic N) is 1. The minimum atomic E-state index is -0.315. The number of hydrogen-bond donors (Lipinski definition) is 1. The number of carbonyl (C=O) groups excluding carboxylic acids is 2. The van der Waals surface area contributed by atoms with Crippen LogP contribution in [0.4, 0.5) is 0 Å².